The van der Waals surface area contributed by atoms with Gasteiger partial charge in [-0.25, -0.2) is 14.8 Å². The van der Waals surface area contributed by atoms with E-state index in [1.807, 2.05) is 58.0 Å². The van der Waals surface area contributed by atoms with E-state index in [1.54, 1.807) is 6.33 Å². The van der Waals surface area contributed by atoms with Crippen LogP contribution >= 0.6 is 0 Å². The quantitative estimate of drug-likeness (QED) is 0.154. The molecule has 1 fully saturated rings. The van der Waals surface area contributed by atoms with Crippen LogP contribution in [0, 0.1) is 0 Å². The first-order valence-electron chi connectivity index (χ1n) is 15.2. The van der Waals surface area contributed by atoms with Crippen molar-refractivity contribution in [2.24, 2.45) is 0 Å². The summed E-state index contributed by atoms with van der Waals surface area (Å²) in [5, 5.41) is 0.948. The zero-order valence-corrected chi connectivity index (χ0v) is 25.0. The van der Waals surface area contributed by atoms with Crippen molar-refractivity contribution in [3.8, 4) is 17.0 Å². The van der Waals surface area contributed by atoms with Crippen molar-refractivity contribution in [3.05, 3.63) is 53.9 Å². The molecule has 1 aliphatic rings. The van der Waals surface area contributed by atoms with Gasteiger partial charge in [0, 0.05) is 23.4 Å². The van der Waals surface area contributed by atoms with Gasteiger partial charge in [0.15, 0.2) is 0 Å². The third-order valence-corrected chi connectivity index (χ3v) is 7.45. The van der Waals surface area contributed by atoms with Gasteiger partial charge in [0.25, 0.3) is 0 Å². The van der Waals surface area contributed by atoms with Crippen LogP contribution in [-0.2, 0) is 14.3 Å². The van der Waals surface area contributed by atoms with Gasteiger partial charge >= 0.3 is 11.9 Å². The summed E-state index contributed by atoms with van der Waals surface area (Å²) in [4.78, 5) is 33.6. The number of rotatable bonds is 13. The Labute approximate surface area is 244 Å². The van der Waals surface area contributed by atoms with E-state index in [2.05, 4.69) is 16.0 Å². The molecule has 41 heavy (non-hydrogen) atoms. The van der Waals surface area contributed by atoms with Crippen molar-refractivity contribution in [2.45, 2.75) is 103 Å². The van der Waals surface area contributed by atoms with Gasteiger partial charge in [-0.2, -0.15) is 0 Å². The number of fused-ring (bicyclic) bond motifs is 1. The molecule has 0 atom stereocenters. The van der Waals surface area contributed by atoms with Gasteiger partial charge in [0.05, 0.1) is 30.0 Å². The van der Waals surface area contributed by atoms with Crippen LogP contribution in [0.25, 0.3) is 22.2 Å². The van der Waals surface area contributed by atoms with Crippen LogP contribution in [0.5, 0.6) is 5.75 Å². The maximum atomic E-state index is 13.1. The summed E-state index contributed by atoms with van der Waals surface area (Å²) in [7, 11) is 0. The molecule has 1 aromatic heterocycles. The maximum absolute atomic E-state index is 13.1. The first-order valence-corrected chi connectivity index (χ1v) is 15.2. The highest BCUT2D eigenvalue weighted by Crippen LogP contribution is 2.39. The van der Waals surface area contributed by atoms with Crippen LogP contribution in [0.3, 0.4) is 0 Å². The molecule has 0 unspecified atom stereocenters. The molecule has 0 aliphatic heterocycles. The van der Waals surface area contributed by atoms with E-state index in [1.165, 1.54) is 12.8 Å². The van der Waals surface area contributed by atoms with Crippen LogP contribution in [0.15, 0.2) is 42.7 Å². The third-order valence-electron chi connectivity index (χ3n) is 7.45. The first-order chi connectivity index (χ1) is 19.7. The summed E-state index contributed by atoms with van der Waals surface area (Å²) in [6.45, 7) is 8.61. The molecule has 7 heteroatoms. The normalized spacial score (nSPS) is 13.9. The minimum absolute atomic E-state index is 0.105. The molecule has 0 spiro atoms. The lowest BCUT2D eigenvalue weighted by Crippen LogP contribution is -2.24. The van der Waals surface area contributed by atoms with E-state index in [0.29, 0.717) is 31.1 Å². The van der Waals surface area contributed by atoms with Crippen molar-refractivity contribution in [1.82, 2.24) is 9.97 Å². The van der Waals surface area contributed by atoms with E-state index in [4.69, 9.17) is 14.2 Å². The number of carbonyl (C=O) groups excluding carboxylic acids is 2. The summed E-state index contributed by atoms with van der Waals surface area (Å²) < 4.78 is 16.7. The van der Waals surface area contributed by atoms with E-state index in [-0.39, 0.29) is 11.9 Å². The van der Waals surface area contributed by atoms with Crippen molar-refractivity contribution >= 4 is 22.8 Å². The number of hydrogen-bond donors (Lipinski definition) is 0. The molecular formula is C34H44N2O5. The lowest BCUT2D eigenvalue weighted by atomic mass is 9.90. The van der Waals surface area contributed by atoms with Gasteiger partial charge < -0.3 is 14.2 Å². The van der Waals surface area contributed by atoms with Gasteiger partial charge in [-0.15, -0.1) is 0 Å². The molecule has 220 valence electrons. The van der Waals surface area contributed by atoms with Gasteiger partial charge in [-0.05, 0) is 89.1 Å². The SMILES string of the molecule is CCOC(=O)CCCCCCCOc1ccc2c(-c3ccc(C(=O)OC(C)(C)C)c(C4CCCC4)c3)ncnc2c1. The molecule has 1 saturated carbocycles. The fourth-order valence-electron chi connectivity index (χ4n) is 5.49. The van der Waals surface area contributed by atoms with Crippen molar-refractivity contribution in [1.29, 1.82) is 0 Å². The Morgan fingerprint density at radius 1 is 0.927 bits per heavy atom. The van der Waals surface area contributed by atoms with Crippen LogP contribution < -0.4 is 4.74 Å². The molecule has 3 aromatic rings. The molecular weight excluding hydrogens is 516 g/mol. The first kappa shape index (κ1) is 30.5. The second kappa shape index (κ2) is 14.4. The zero-order chi connectivity index (χ0) is 29.2. The van der Waals surface area contributed by atoms with E-state index < -0.39 is 5.60 Å². The minimum Gasteiger partial charge on any atom is -0.494 e. The average Bonchev–Trinajstić information content (AvgIpc) is 3.48. The largest absolute Gasteiger partial charge is 0.494 e. The molecule has 2 aromatic carbocycles. The Kier molecular flexibility index (Phi) is 10.7. The summed E-state index contributed by atoms with van der Waals surface area (Å²) in [6.07, 6.45) is 11.6. The number of aromatic nitrogens is 2. The van der Waals surface area contributed by atoms with Crippen molar-refractivity contribution < 1.29 is 23.8 Å². The van der Waals surface area contributed by atoms with E-state index in [9.17, 15) is 9.59 Å². The Balaban J connectivity index is 1.42. The van der Waals surface area contributed by atoms with Crippen molar-refractivity contribution in [3.63, 3.8) is 0 Å². The number of carbonyl (C=O) groups is 2. The molecule has 0 N–H and O–H groups in total. The van der Waals surface area contributed by atoms with Gasteiger partial charge in [0.1, 0.15) is 17.7 Å². The predicted octanol–water partition coefficient (Wildman–Crippen LogP) is 8.19. The molecule has 0 bridgehead atoms. The smallest absolute Gasteiger partial charge is 0.338 e. The molecule has 1 aliphatic carbocycles. The van der Waals surface area contributed by atoms with E-state index in [0.717, 1.165) is 78.4 Å². The van der Waals surface area contributed by atoms with Gasteiger partial charge in [-0.3, -0.25) is 4.79 Å². The van der Waals surface area contributed by atoms with Crippen LogP contribution in [-0.4, -0.2) is 40.7 Å². The Bertz CT molecular complexity index is 1320. The van der Waals surface area contributed by atoms with Gasteiger partial charge in [-0.1, -0.05) is 38.2 Å². The van der Waals surface area contributed by atoms with Crippen LogP contribution in [0.2, 0.25) is 0 Å². The Morgan fingerprint density at radius 3 is 2.44 bits per heavy atom. The lowest BCUT2D eigenvalue weighted by molar-refractivity contribution is -0.143. The summed E-state index contributed by atoms with van der Waals surface area (Å²) in [6, 6.07) is 12.0. The van der Waals surface area contributed by atoms with Gasteiger partial charge in [0.2, 0.25) is 0 Å². The second-order valence-corrected chi connectivity index (χ2v) is 11.9. The number of esters is 2. The Morgan fingerprint density at radius 2 is 1.68 bits per heavy atom. The third kappa shape index (κ3) is 8.75. The van der Waals surface area contributed by atoms with E-state index >= 15 is 0 Å². The van der Waals surface area contributed by atoms with Crippen LogP contribution in [0.1, 0.15) is 114 Å². The molecule has 0 radical (unpaired) electrons. The zero-order valence-electron chi connectivity index (χ0n) is 25.0. The molecule has 0 saturated heterocycles. The summed E-state index contributed by atoms with van der Waals surface area (Å²) >= 11 is 0. The minimum atomic E-state index is -0.545. The lowest BCUT2D eigenvalue weighted by Gasteiger charge is -2.22. The fraction of sp³-hybridized carbons (Fsp3) is 0.529. The molecule has 1 heterocycles. The molecule has 0 amide bonds. The molecule has 7 nitrogen and oxygen atoms in total. The highest BCUT2D eigenvalue weighted by molar-refractivity contribution is 5.95. The average molecular weight is 561 g/mol. The highest BCUT2D eigenvalue weighted by Gasteiger charge is 2.26. The number of nitrogens with zero attached hydrogens (tertiary/aromatic N) is 2. The summed E-state index contributed by atoms with van der Waals surface area (Å²) in [5.74, 6) is 0.766. The maximum Gasteiger partial charge on any atom is 0.338 e. The number of ether oxygens (including phenoxy) is 3. The topological polar surface area (TPSA) is 87.6 Å². The highest BCUT2D eigenvalue weighted by atomic mass is 16.6. The monoisotopic (exact) mass is 560 g/mol. The Hall–Kier alpha value is -3.48. The van der Waals surface area contributed by atoms with Crippen molar-refractivity contribution in [2.75, 3.05) is 13.2 Å². The number of benzene rings is 2. The second-order valence-electron chi connectivity index (χ2n) is 11.9. The molecule has 4 rings (SSSR count). The van der Waals surface area contributed by atoms with Crippen LogP contribution in [0.4, 0.5) is 0 Å². The number of hydrogen-bond acceptors (Lipinski definition) is 7. The number of unbranched alkanes of at least 4 members (excludes halogenated alkanes) is 4. The fourth-order valence-corrected chi connectivity index (χ4v) is 5.49. The standard InChI is InChI=1S/C34H44N2O5/c1-5-39-31(37)15-9-7-6-8-12-20-40-26-17-19-28-30(22-26)35-23-36-32(28)25-16-18-27(33(38)41-34(2,3)4)29(21-25)24-13-10-11-14-24/h16-19,21-24H,5-15,20H2,1-4H3. The predicted molar refractivity (Wildman–Crippen MR) is 161 cm³/mol. The summed E-state index contributed by atoms with van der Waals surface area (Å²) in [5.41, 5.74) is 3.81.